The number of carbonyl (C=O) groups excluding carboxylic acids is 1. The molecule has 16 heavy (non-hydrogen) atoms. The second-order valence-electron chi connectivity index (χ2n) is 4.52. The summed E-state index contributed by atoms with van der Waals surface area (Å²) < 4.78 is 1.86. The molecule has 1 aromatic heterocycles. The Labute approximate surface area is 94.5 Å². The fourth-order valence-electron chi connectivity index (χ4n) is 1.88. The Morgan fingerprint density at radius 2 is 2.19 bits per heavy atom. The zero-order valence-electron chi connectivity index (χ0n) is 9.55. The predicted octanol–water partition coefficient (Wildman–Crippen LogP) is 0.468. The number of aromatic nitrogens is 1. The number of rotatable bonds is 2. The van der Waals surface area contributed by atoms with Crippen molar-refractivity contribution in [2.45, 2.75) is 26.0 Å². The summed E-state index contributed by atoms with van der Waals surface area (Å²) in [5.74, 6) is -0.0595. The standard InChI is InChI=1S/C11H17N3O2/c1-7(2)14-4-8(12)3-10(14)11(16)13-5-9(15)6-13/h3-4,7,9,15H,5-6,12H2,1-2H3. The third-order valence-electron chi connectivity index (χ3n) is 2.79. The van der Waals surface area contributed by atoms with E-state index in [0.717, 1.165) is 0 Å². The van der Waals surface area contributed by atoms with E-state index in [-0.39, 0.29) is 18.1 Å². The van der Waals surface area contributed by atoms with Gasteiger partial charge in [0.1, 0.15) is 5.69 Å². The molecule has 2 rings (SSSR count). The molecular weight excluding hydrogens is 206 g/mol. The van der Waals surface area contributed by atoms with Crippen LogP contribution >= 0.6 is 0 Å². The average molecular weight is 223 g/mol. The van der Waals surface area contributed by atoms with Gasteiger partial charge in [0.25, 0.3) is 5.91 Å². The van der Waals surface area contributed by atoms with Crippen molar-refractivity contribution in [3.8, 4) is 0 Å². The molecule has 0 unspecified atom stereocenters. The number of amides is 1. The van der Waals surface area contributed by atoms with Crippen LogP contribution in [0.25, 0.3) is 0 Å². The van der Waals surface area contributed by atoms with Crippen LogP contribution in [0.2, 0.25) is 0 Å². The number of hydrogen-bond acceptors (Lipinski definition) is 3. The minimum Gasteiger partial charge on any atom is -0.397 e. The number of aliphatic hydroxyl groups excluding tert-OH is 1. The summed E-state index contributed by atoms with van der Waals surface area (Å²) in [7, 11) is 0. The normalized spacial score (nSPS) is 16.6. The molecule has 0 radical (unpaired) electrons. The first-order valence-electron chi connectivity index (χ1n) is 5.43. The monoisotopic (exact) mass is 223 g/mol. The van der Waals surface area contributed by atoms with Crippen LogP contribution in [-0.2, 0) is 0 Å². The van der Waals surface area contributed by atoms with Crippen molar-refractivity contribution < 1.29 is 9.90 Å². The summed E-state index contributed by atoms with van der Waals surface area (Å²) in [6.45, 7) is 4.84. The van der Waals surface area contributed by atoms with Gasteiger partial charge in [-0.3, -0.25) is 4.79 Å². The summed E-state index contributed by atoms with van der Waals surface area (Å²) in [6, 6.07) is 1.88. The van der Waals surface area contributed by atoms with Crippen LogP contribution in [0.4, 0.5) is 5.69 Å². The molecule has 0 aromatic carbocycles. The van der Waals surface area contributed by atoms with Crippen LogP contribution in [0.1, 0.15) is 30.4 Å². The first kappa shape index (κ1) is 11.0. The van der Waals surface area contributed by atoms with Crippen molar-refractivity contribution in [2.75, 3.05) is 18.8 Å². The van der Waals surface area contributed by atoms with E-state index in [2.05, 4.69) is 0 Å². The number of nitrogens with two attached hydrogens (primary N) is 1. The molecule has 0 saturated carbocycles. The van der Waals surface area contributed by atoms with Crippen LogP contribution < -0.4 is 5.73 Å². The molecule has 3 N–H and O–H groups in total. The van der Waals surface area contributed by atoms with E-state index in [0.29, 0.717) is 24.5 Å². The molecular formula is C11H17N3O2. The predicted molar refractivity (Wildman–Crippen MR) is 61.1 cm³/mol. The molecule has 1 fully saturated rings. The van der Waals surface area contributed by atoms with E-state index in [1.165, 1.54) is 0 Å². The molecule has 88 valence electrons. The number of anilines is 1. The molecule has 0 aliphatic carbocycles. The lowest BCUT2D eigenvalue weighted by molar-refractivity contribution is 0.00511. The highest BCUT2D eigenvalue weighted by molar-refractivity contribution is 5.94. The molecule has 5 heteroatoms. The highest BCUT2D eigenvalue weighted by Gasteiger charge is 2.31. The van der Waals surface area contributed by atoms with Crippen molar-refractivity contribution in [1.82, 2.24) is 9.47 Å². The SMILES string of the molecule is CC(C)n1cc(N)cc1C(=O)N1CC(O)C1. The van der Waals surface area contributed by atoms with E-state index in [1.807, 2.05) is 18.4 Å². The number of carbonyl (C=O) groups is 1. The summed E-state index contributed by atoms with van der Waals surface area (Å²) in [6.07, 6.45) is 1.40. The largest absolute Gasteiger partial charge is 0.397 e. The van der Waals surface area contributed by atoms with E-state index in [4.69, 9.17) is 5.73 Å². The first-order chi connectivity index (χ1) is 7.49. The number of β-amino-alcohol motifs (C(OH)–C–C–N with tert-alkyl or cyclic N) is 1. The van der Waals surface area contributed by atoms with Crippen LogP contribution in [0, 0.1) is 0 Å². The molecule has 0 atom stereocenters. The Bertz CT molecular complexity index is 405. The summed E-state index contributed by atoms with van der Waals surface area (Å²) in [4.78, 5) is 13.7. The van der Waals surface area contributed by atoms with Crippen molar-refractivity contribution >= 4 is 11.6 Å². The van der Waals surface area contributed by atoms with Crippen molar-refractivity contribution in [1.29, 1.82) is 0 Å². The van der Waals surface area contributed by atoms with Gasteiger partial charge in [-0.1, -0.05) is 0 Å². The van der Waals surface area contributed by atoms with Gasteiger partial charge in [0, 0.05) is 25.3 Å². The number of nitrogens with zero attached hydrogens (tertiary/aromatic N) is 2. The van der Waals surface area contributed by atoms with Gasteiger partial charge in [-0.05, 0) is 19.9 Å². The maximum atomic E-state index is 12.0. The second-order valence-corrected chi connectivity index (χ2v) is 4.52. The van der Waals surface area contributed by atoms with Crippen LogP contribution in [0.3, 0.4) is 0 Å². The van der Waals surface area contributed by atoms with Crippen LogP contribution in [-0.4, -0.2) is 39.7 Å². The average Bonchev–Trinajstić information content (AvgIpc) is 2.54. The van der Waals surface area contributed by atoms with Crippen molar-refractivity contribution in [3.63, 3.8) is 0 Å². The summed E-state index contributed by atoms with van der Waals surface area (Å²) in [5.41, 5.74) is 6.89. The smallest absolute Gasteiger partial charge is 0.270 e. The highest BCUT2D eigenvalue weighted by atomic mass is 16.3. The number of likely N-dealkylation sites (tertiary alicyclic amines) is 1. The van der Waals surface area contributed by atoms with E-state index in [9.17, 15) is 9.90 Å². The Kier molecular flexibility index (Phi) is 2.63. The number of aliphatic hydroxyl groups is 1. The number of nitrogen functional groups attached to an aromatic ring is 1. The Morgan fingerprint density at radius 1 is 1.56 bits per heavy atom. The van der Waals surface area contributed by atoms with E-state index in [1.54, 1.807) is 17.2 Å². The van der Waals surface area contributed by atoms with Gasteiger partial charge in [-0.25, -0.2) is 0 Å². The molecule has 2 heterocycles. The molecule has 1 amide bonds. The lowest BCUT2D eigenvalue weighted by Gasteiger charge is -2.36. The molecule has 5 nitrogen and oxygen atoms in total. The van der Waals surface area contributed by atoms with Gasteiger partial charge < -0.3 is 20.3 Å². The van der Waals surface area contributed by atoms with Gasteiger partial charge in [-0.15, -0.1) is 0 Å². The molecule has 1 aromatic rings. The van der Waals surface area contributed by atoms with Gasteiger partial charge in [0.05, 0.1) is 11.8 Å². The van der Waals surface area contributed by atoms with Crippen molar-refractivity contribution in [2.24, 2.45) is 0 Å². The Morgan fingerprint density at radius 3 is 2.69 bits per heavy atom. The summed E-state index contributed by atoms with van der Waals surface area (Å²) >= 11 is 0. The van der Waals surface area contributed by atoms with Crippen LogP contribution in [0.5, 0.6) is 0 Å². The Balaban J connectivity index is 2.22. The van der Waals surface area contributed by atoms with Crippen molar-refractivity contribution in [3.05, 3.63) is 18.0 Å². The highest BCUT2D eigenvalue weighted by Crippen LogP contribution is 2.20. The Hall–Kier alpha value is -1.49. The molecule has 1 aliphatic rings. The van der Waals surface area contributed by atoms with E-state index >= 15 is 0 Å². The summed E-state index contributed by atoms with van der Waals surface area (Å²) in [5, 5.41) is 9.17. The molecule has 1 aliphatic heterocycles. The van der Waals surface area contributed by atoms with E-state index < -0.39 is 0 Å². The zero-order valence-corrected chi connectivity index (χ0v) is 9.55. The lowest BCUT2D eigenvalue weighted by atomic mass is 10.1. The van der Waals surface area contributed by atoms with Gasteiger partial charge >= 0.3 is 0 Å². The van der Waals surface area contributed by atoms with Crippen LogP contribution in [0.15, 0.2) is 12.3 Å². The third kappa shape index (κ3) is 1.78. The first-order valence-corrected chi connectivity index (χ1v) is 5.43. The van der Waals surface area contributed by atoms with Gasteiger partial charge in [-0.2, -0.15) is 0 Å². The second kappa shape index (κ2) is 3.83. The maximum absolute atomic E-state index is 12.0. The quantitative estimate of drug-likeness (QED) is 0.765. The maximum Gasteiger partial charge on any atom is 0.270 e. The topological polar surface area (TPSA) is 71.5 Å². The minimum atomic E-state index is -0.372. The fraction of sp³-hybridized carbons (Fsp3) is 0.545. The number of hydrogen-bond donors (Lipinski definition) is 2. The lowest BCUT2D eigenvalue weighted by Crippen LogP contribution is -2.53. The fourth-order valence-corrected chi connectivity index (χ4v) is 1.88. The third-order valence-corrected chi connectivity index (χ3v) is 2.79. The zero-order chi connectivity index (χ0) is 11.9. The molecule has 0 bridgehead atoms. The molecule has 0 spiro atoms. The van der Waals surface area contributed by atoms with Gasteiger partial charge in [0.2, 0.25) is 0 Å². The van der Waals surface area contributed by atoms with Gasteiger partial charge in [0.15, 0.2) is 0 Å². The molecule has 1 saturated heterocycles. The minimum absolute atomic E-state index is 0.0595.